The number of carbonyl (C=O) groups excluding carboxylic acids is 2. The van der Waals surface area contributed by atoms with E-state index in [0.717, 1.165) is 10.9 Å². The Hall–Kier alpha value is -2.30. The molecule has 0 fully saturated rings. The van der Waals surface area contributed by atoms with E-state index in [-0.39, 0.29) is 11.8 Å². The van der Waals surface area contributed by atoms with Crippen molar-refractivity contribution in [2.45, 2.75) is 13.8 Å². The van der Waals surface area contributed by atoms with Gasteiger partial charge in [-0.15, -0.1) is 0 Å². The first kappa shape index (κ1) is 12.2. The van der Waals surface area contributed by atoms with Crippen LogP contribution in [0.2, 0.25) is 0 Å². The number of nitrogens with one attached hydrogen (secondary N) is 1. The molecular weight excluding hydrogens is 232 g/mol. The van der Waals surface area contributed by atoms with Crippen LogP contribution < -0.4 is 10.1 Å². The molecule has 1 aromatic heterocycles. The van der Waals surface area contributed by atoms with Gasteiger partial charge in [-0.25, -0.2) is 0 Å². The van der Waals surface area contributed by atoms with Crippen molar-refractivity contribution in [3.05, 3.63) is 24.3 Å². The van der Waals surface area contributed by atoms with Crippen LogP contribution in [0.4, 0.5) is 5.82 Å². The molecule has 1 N–H and O–H groups in total. The van der Waals surface area contributed by atoms with Crippen LogP contribution in [0.5, 0.6) is 5.75 Å². The number of carbonyl (C=O) groups is 2. The van der Waals surface area contributed by atoms with E-state index in [0.29, 0.717) is 11.6 Å². The Morgan fingerprint density at radius 1 is 1.22 bits per heavy atom. The Morgan fingerprint density at radius 2 is 1.94 bits per heavy atom. The van der Waals surface area contributed by atoms with E-state index in [4.69, 9.17) is 4.74 Å². The summed E-state index contributed by atoms with van der Waals surface area (Å²) in [5, 5.41) is 3.49. The highest BCUT2D eigenvalue weighted by atomic mass is 16.5. The summed E-state index contributed by atoms with van der Waals surface area (Å²) in [5.41, 5.74) is 0.743. The number of benzene rings is 1. The van der Waals surface area contributed by atoms with Crippen LogP contribution in [0, 0.1) is 0 Å². The second kappa shape index (κ2) is 4.52. The van der Waals surface area contributed by atoms with E-state index in [1.54, 1.807) is 25.3 Å². The molecule has 0 aliphatic rings. The van der Waals surface area contributed by atoms with Crippen molar-refractivity contribution in [3.8, 4) is 5.75 Å². The third-order valence-corrected chi connectivity index (χ3v) is 2.63. The normalized spacial score (nSPS) is 10.4. The fraction of sp³-hybridized carbons (Fsp3) is 0.231. The zero-order valence-electron chi connectivity index (χ0n) is 10.5. The number of fused-ring (bicyclic) bond motifs is 1. The lowest BCUT2D eigenvalue weighted by atomic mass is 10.2. The van der Waals surface area contributed by atoms with Crippen molar-refractivity contribution in [2.24, 2.45) is 0 Å². The van der Waals surface area contributed by atoms with E-state index in [1.165, 1.54) is 18.4 Å². The first-order valence-corrected chi connectivity index (χ1v) is 5.51. The molecule has 0 unspecified atom stereocenters. The van der Waals surface area contributed by atoms with Gasteiger partial charge in [-0.3, -0.25) is 14.2 Å². The van der Waals surface area contributed by atoms with Crippen LogP contribution in [0.25, 0.3) is 10.9 Å². The van der Waals surface area contributed by atoms with Gasteiger partial charge in [-0.05, 0) is 24.3 Å². The van der Waals surface area contributed by atoms with Gasteiger partial charge < -0.3 is 10.1 Å². The highest BCUT2D eigenvalue weighted by Crippen LogP contribution is 2.27. The van der Waals surface area contributed by atoms with Crippen LogP contribution in [0.1, 0.15) is 18.6 Å². The summed E-state index contributed by atoms with van der Waals surface area (Å²) in [6.45, 7) is 2.86. The van der Waals surface area contributed by atoms with Crippen LogP contribution in [0.3, 0.4) is 0 Å². The predicted molar refractivity (Wildman–Crippen MR) is 69.1 cm³/mol. The number of ether oxygens (including phenoxy) is 1. The molecule has 18 heavy (non-hydrogen) atoms. The molecule has 0 saturated carbocycles. The minimum atomic E-state index is -0.215. The lowest BCUT2D eigenvalue weighted by Crippen LogP contribution is -2.14. The van der Waals surface area contributed by atoms with Gasteiger partial charge in [0.05, 0.1) is 12.6 Å². The number of aromatic nitrogens is 1. The molecule has 1 aromatic carbocycles. The number of hydrogen-bond acceptors (Lipinski definition) is 3. The number of rotatable bonds is 2. The summed E-state index contributed by atoms with van der Waals surface area (Å²) in [4.78, 5) is 22.8. The first-order chi connectivity index (χ1) is 8.52. The molecule has 1 heterocycles. The molecule has 1 amide bonds. The Morgan fingerprint density at radius 3 is 2.50 bits per heavy atom. The Bertz CT molecular complexity index is 628. The van der Waals surface area contributed by atoms with Crippen molar-refractivity contribution >= 4 is 28.5 Å². The van der Waals surface area contributed by atoms with Gasteiger partial charge in [0.2, 0.25) is 11.8 Å². The van der Waals surface area contributed by atoms with Gasteiger partial charge in [0, 0.05) is 19.2 Å². The van der Waals surface area contributed by atoms with E-state index in [1.807, 2.05) is 6.07 Å². The maximum Gasteiger partial charge on any atom is 0.229 e. The molecule has 0 spiro atoms. The maximum absolute atomic E-state index is 11.7. The molecule has 0 aliphatic carbocycles. The van der Waals surface area contributed by atoms with Gasteiger partial charge in [0.15, 0.2) is 0 Å². The average molecular weight is 246 g/mol. The molecule has 94 valence electrons. The molecule has 5 heteroatoms. The van der Waals surface area contributed by atoms with E-state index in [2.05, 4.69) is 5.32 Å². The second-order valence-corrected chi connectivity index (χ2v) is 3.99. The first-order valence-electron chi connectivity index (χ1n) is 5.51. The average Bonchev–Trinajstić information content (AvgIpc) is 2.64. The molecule has 0 saturated heterocycles. The van der Waals surface area contributed by atoms with E-state index in [9.17, 15) is 9.59 Å². The van der Waals surface area contributed by atoms with Crippen LogP contribution in [0.15, 0.2) is 24.3 Å². The number of hydrogen-bond donors (Lipinski definition) is 1. The van der Waals surface area contributed by atoms with Crippen molar-refractivity contribution in [1.82, 2.24) is 4.57 Å². The van der Waals surface area contributed by atoms with Gasteiger partial charge in [-0.1, -0.05) is 0 Å². The van der Waals surface area contributed by atoms with Gasteiger partial charge in [0.25, 0.3) is 0 Å². The summed E-state index contributed by atoms with van der Waals surface area (Å²) >= 11 is 0. The van der Waals surface area contributed by atoms with Gasteiger partial charge in [0.1, 0.15) is 11.6 Å². The summed E-state index contributed by atoms with van der Waals surface area (Å²) < 4.78 is 6.60. The number of amides is 1. The predicted octanol–water partition coefficient (Wildman–Crippen LogP) is 2.27. The molecule has 2 rings (SSSR count). The van der Waals surface area contributed by atoms with Crippen LogP contribution in [-0.4, -0.2) is 23.5 Å². The third-order valence-electron chi connectivity index (χ3n) is 2.63. The summed E-state index contributed by atoms with van der Waals surface area (Å²) in [6.07, 6.45) is 0. The lowest BCUT2D eigenvalue weighted by molar-refractivity contribution is -0.114. The maximum atomic E-state index is 11.7. The minimum absolute atomic E-state index is 0.154. The zero-order chi connectivity index (χ0) is 13.3. The molecular formula is C13H14N2O3. The topological polar surface area (TPSA) is 60.3 Å². The van der Waals surface area contributed by atoms with Crippen molar-refractivity contribution in [1.29, 1.82) is 0 Å². The standard InChI is InChI=1S/C13H14N2O3/c1-8(16)14-13-7-10-6-11(18-3)4-5-12(10)15(13)9(2)17/h4-7H,1-3H3,(H,14,16). The van der Waals surface area contributed by atoms with E-state index >= 15 is 0 Å². The largest absolute Gasteiger partial charge is 0.497 e. The zero-order valence-corrected chi connectivity index (χ0v) is 10.5. The van der Waals surface area contributed by atoms with Crippen molar-refractivity contribution in [2.75, 3.05) is 12.4 Å². The van der Waals surface area contributed by atoms with Crippen molar-refractivity contribution in [3.63, 3.8) is 0 Å². The highest BCUT2D eigenvalue weighted by molar-refractivity contribution is 6.00. The Kier molecular flexibility index (Phi) is 3.06. The third kappa shape index (κ3) is 2.07. The summed E-state index contributed by atoms with van der Waals surface area (Å²) in [5.74, 6) is 0.807. The molecule has 0 bridgehead atoms. The quantitative estimate of drug-likeness (QED) is 0.884. The number of anilines is 1. The van der Waals surface area contributed by atoms with E-state index < -0.39 is 0 Å². The highest BCUT2D eigenvalue weighted by Gasteiger charge is 2.13. The summed E-state index contributed by atoms with van der Waals surface area (Å²) in [7, 11) is 1.58. The number of nitrogens with zero attached hydrogens (tertiary/aromatic N) is 1. The molecule has 5 nitrogen and oxygen atoms in total. The molecule has 0 aliphatic heterocycles. The SMILES string of the molecule is COc1ccc2c(c1)cc(NC(C)=O)n2C(C)=O. The lowest BCUT2D eigenvalue weighted by Gasteiger charge is -2.06. The van der Waals surface area contributed by atoms with Crippen LogP contribution in [-0.2, 0) is 4.79 Å². The monoisotopic (exact) mass is 246 g/mol. The van der Waals surface area contributed by atoms with Gasteiger partial charge >= 0.3 is 0 Å². The second-order valence-electron chi connectivity index (χ2n) is 3.99. The van der Waals surface area contributed by atoms with Crippen molar-refractivity contribution < 1.29 is 14.3 Å². The Labute approximate surface area is 104 Å². The molecule has 2 aromatic rings. The fourth-order valence-corrected chi connectivity index (χ4v) is 1.93. The van der Waals surface area contributed by atoms with Crippen LogP contribution >= 0.6 is 0 Å². The number of methoxy groups -OCH3 is 1. The smallest absolute Gasteiger partial charge is 0.229 e. The molecule has 0 atom stereocenters. The summed E-state index contributed by atoms with van der Waals surface area (Å²) in [6, 6.07) is 7.14. The fourth-order valence-electron chi connectivity index (χ4n) is 1.93. The van der Waals surface area contributed by atoms with Gasteiger partial charge in [-0.2, -0.15) is 0 Å². The minimum Gasteiger partial charge on any atom is -0.497 e. The Balaban J connectivity index is 2.66. The molecule has 0 radical (unpaired) electrons.